The molecule has 0 radical (unpaired) electrons. The molecular formula is C32H31F2N3O2. The van der Waals surface area contributed by atoms with Gasteiger partial charge < -0.3 is 9.84 Å². The fourth-order valence-electron chi connectivity index (χ4n) is 6.69. The molecule has 4 atom stereocenters. The average Bonchev–Trinajstić information content (AvgIpc) is 3.58. The SMILES string of the molecule is O[C@H](COc1cccc2ncccc12)CN1CCN(C2c3ccccc3[C@@H]3[C@H](c4ccccc42)C3(F)F)CC1. The number of fused-ring (bicyclic) bond motifs is 6. The summed E-state index contributed by atoms with van der Waals surface area (Å²) in [6.07, 6.45) is 1.13. The Bertz CT molecular complexity index is 1440. The summed E-state index contributed by atoms with van der Waals surface area (Å²) in [6, 6.07) is 25.1. The van der Waals surface area contributed by atoms with Crippen molar-refractivity contribution in [3.05, 3.63) is 107 Å². The third kappa shape index (κ3) is 4.29. The van der Waals surface area contributed by atoms with Crippen molar-refractivity contribution in [2.75, 3.05) is 39.3 Å². The van der Waals surface area contributed by atoms with Gasteiger partial charge in [-0.2, -0.15) is 0 Å². The minimum atomic E-state index is -2.70. The van der Waals surface area contributed by atoms with Crippen LogP contribution >= 0.6 is 0 Å². The summed E-state index contributed by atoms with van der Waals surface area (Å²) >= 11 is 0. The summed E-state index contributed by atoms with van der Waals surface area (Å²) in [4.78, 5) is 9.04. The first-order chi connectivity index (χ1) is 19.0. The number of hydrogen-bond donors (Lipinski definition) is 1. The number of β-amino-alcohol motifs (C(OH)–C–C–N with tert-alkyl or cyclic N) is 1. The maximum atomic E-state index is 15.0. The Morgan fingerprint density at radius 2 is 1.46 bits per heavy atom. The molecule has 2 fully saturated rings. The lowest BCUT2D eigenvalue weighted by Crippen LogP contribution is -2.50. The molecule has 39 heavy (non-hydrogen) atoms. The number of rotatable bonds is 6. The summed E-state index contributed by atoms with van der Waals surface area (Å²) in [5.41, 5.74) is 4.44. The third-order valence-electron chi connectivity index (χ3n) is 8.58. The maximum absolute atomic E-state index is 15.0. The van der Waals surface area contributed by atoms with Gasteiger partial charge in [-0.25, -0.2) is 8.78 Å². The number of aliphatic hydroxyl groups is 1. The highest BCUT2D eigenvalue weighted by Crippen LogP contribution is 2.70. The third-order valence-corrected chi connectivity index (χ3v) is 8.58. The van der Waals surface area contributed by atoms with Gasteiger partial charge in [-0.15, -0.1) is 0 Å². The summed E-state index contributed by atoms with van der Waals surface area (Å²) in [7, 11) is 0. The molecule has 0 amide bonds. The van der Waals surface area contributed by atoms with Crippen LogP contribution in [-0.4, -0.2) is 71.2 Å². The van der Waals surface area contributed by atoms with Crippen LogP contribution in [0.5, 0.6) is 5.75 Å². The van der Waals surface area contributed by atoms with Crippen LogP contribution in [0.3, 0.4) is 0 Å². The molecule has 7 rings (SSSR count). The van der Waals surface area contributed by atoms with Crippen molar-refractivity contribution in [2.24, 2.45) is 0 Å². The standard InChI is InChI=1S/C32H31F2N3O2/c33-32(34)29-22-7-1-3-9-24(22)31(25-10-4-2-8-23(25)30(29)32)37-17-15-36(16-18-37)19-21(38)20-39-28-13-5-12-27-26(28)11-6-14-35-27/h1-14,21,29-31,38H,15-20H2/t21-,29-,30+,31?/m0/s1. The van der Waals surface area contributed by atoms with Crippen molar-refractivity contribution in [1.82, 2.24) is 14.8 Å². The number of piperazine rings is 1. The van der Waals surface area contributed by atoms with Gasteiger partial charge in [-0.1, -0.05) is 54.6 Å². The minimum Gasteiger partial charge on any atom is -0.490 e. The van der Waals surface area contributed by atoms with Crippen molar-refractivity contribution < 1.29 is 18.6 Å². The number of hydrogen-bond acceptors (Lipinski definition) is 5. The van der Waals surface area contributed by atoms with E-state index in [4.69, 9.17) is 4.74 Å². The second-order valence-corrected chi connectivity index (χ2v) is 10.9. The van der Waals surface area contributed by atoms with Crippen LogP contribution in [0.4, 0.5) is 8.78 Å². The Hall–Kier alpha value is -3.39. The predicted octanol–water partition coefficient (Wildman–Crippen LogP) is 5.21. The van der Waals surface area contributed by atoms with Gasteiger partial charge in [-0.3, -0.25) is 14.8 Å². The van der Waals surface area contributed by atoms with E-state index in [1.165, 1.54) is 0 Å². The predicted molar refractivity (Wildman–Crippen MR) is 146 cm³/mol. The lowest BCUT2D eigenvalue weighted by molar-refractivity contribution is 0.0400. The molecule has 0 spiro atoms. The molecule has 1 aliphatic heterocycles. The number of alkyl halides is 2. The zero-order valence-corrected chi connectivity index (χ0v) is 21.6. The van der Waals surface area contributed by atoms with Crippen LogP contribution in [0.2, 0.25) is 0 Å². The number of aromatic nitrogens is 1. The van der Waals surface area contributed by atoms with Crippen LogP contribution in [0.1, 0.15) is 40.1 Å². The van der Waals surface area contributed by atoms with E-state index in [1.54, 1.807) is 6.20 Å². The van der Waals surface area contributed by atoms with E-state index >= 15 is 0 Å². The fourth-order valence-corrected chi connectivity index (χ4v) is 6.69. The molecule has 5 nitrogen and oxygen atoms in total. The highest BCUT2D eigenvalue weighted by atomic mass is 19.3. The minimum absolute atomic E-state index is 0.0450. The first-order valence-corrected chi connectivity index (χ1v) is 13.7. The number of aliphatic hydroxyl groups excluding tert-OH is 1. The number of benzene rings is 3. The van der Waals surface area contributed by atoms with Gasteiger partial charge >= 0.3 is 0 Å². The fraction of sp³-hybridized carbons (Fsp3) is 0.344. The first kappa shape index (κ1) is 24.6. The smallest absolute Gasteiger partial charge is 0.263 e. The largest absolute Gasteiger partial charge is 0.490 e. The van der Waals surface area contributed by atoms with Crippen LogP contribution < -0.4 is 4.74 Å². The van der Waals surface area contributed by atoms with Gasteiger partial charge in [0, 0.05) is 44.3 Å². The van der Waals surface area contributed by atoms with E-state index in [2.05, 4.69) is 14.8 Å². The number of ether oxygens (including phenoxy) is 1. The van der Waals surface area contributed by atoms with Crippen molar-refractivity contribution in [3.63, 3.8) is 0 Å². The molecule has 1 N–H and O–H groups in total. The molecule has 3 aliphatic rings. The van der Waals surface area contributed by atoms with Crippen LogP contribution in [-0.2, 0) is 0 Å². The molecule has 2 aliphatic carbocycles. The highest BCUT2D eigenvalue weighted by Gasteiger charge is 2.71. The first-order valence-electron chi connectivity index (χ1n) is 13.7. The Morgan fingerprint density at radius 1 is 0.821 bits per heavy atom. The second kappa shape index (κ2) is 9.66. The number of pyridine rings is 1. The Balaban J connectivity index is 1.04. The van der Waals surface area contributed by atoms with E-state index < -0.39 is 23.9 Å². The monoisotopic (exact) mass is 527 g/mol. The van der Waals surface area contributed by atoms with Gasteiger partial charge in [0.2, 0.25) is 0 Å². The average molecular weight is 528 g/mol. The second-order valence-electron chi connectivity index (χ2n) is 10.9. The molecule has 1 aromatic heterocycles. The van der Waals surface area contributed by atoms with Crippen LogP contribution in [0.25, 0.3) is 10.9 Å². The Kier molecular flexibility index (Phi) is 6.10. The quantitative estimate of drug-likeness (QED) is 0.373. The van der Waals surface area contributed by atoms with Crippen molar-refractivity contribution in [1.29, 1.82) is 0 Å². The van der Waals surface area contributed by atoms with Gasteiger partial charge in [0.05, 0.1) is 23.4 Å². The van der Waals surface area contributed by atoms with Gasteiger partial charge in [0.15, 0.2) is 0 Å². The van der Waals surface area contributed by atoms with Crippen molar-refractivity contribution in [3.8, 4) is 5.75 Å². The molecule has 3 aromatic carbocycles. The van der Waals surface area contributed by atoms with Crippen LogP contribution in [0, 0.1) is 0 Å². The van der Waals surface area contributed by atoms with E-state index in [-0.39, 0.29) is 12.6 Å². The van der Waals surface area contributed by atoms with Crippen LogP contribution in [0.15, 0.2) is 85.1 Å². The Morgan fingerprint density at radius 3 is 2.13 bits per heavy atom. The molecule has 7 heteroatoms. The summed E-state index contributed by atoms with van der Waals surface area (Å²) in [5, 5.41) is 11.7. The lowest BCUT2D eigenvalue weighted by Gasteiger charge is -2.41. The topological polar surface area (TPSA) is 48.8 Å². The van der Waals surface area contributed by atoms with Crippen molar-refractivity contribution in [2.45, 2.75) is 29.9 Å². The summed E-state index contributed by atoms with van der Waals surface area (Å²) in [6.45, 7) is 3.89. The molecule has 2 heterocycles. The van der Waals surface area contributed by atoms with E-state index in [9.17, 15) is 13.9 Å². The molecular weight excluding hydrogens is 496 g/mol. The zero-order valence-electron chi connectivity index (χ0n) is 21.6. The molecule has 200 valence electrons. The zero-order chi connectivity index (χ0) is 26.6. The molecule has 1 unspecified atom stereocenters. The van der Waals surface area contributed by atoms with Gasteiger partial charge in [0.25, 0.3) is 5.92 Å². The normalized spacial score (nSPS) is 24.7. The van der Waals surface area contributed by atoms with E-state index in [1.807, 2.05) is 78.9 Å². The summed E-state index contributed by atoms with van der Waals surface area (Å²) < 4.78 is 35.9. The summed E-state index contributed by atoms with van der Waals surface area (Å²) in [5.74, 6) is -3.46. The Labute approximate surface area is 226 Å². The van der Waals surface area contributed by atoms with Crippen molar-refractivity contribution >= 4 is 10.9 Å². The molecule has 1 saturated carbocycles. The number of nitrogens with zero attached hydrogens (tertiary/aromatic N) is 3. The lowest BCUT2D eigenvalue weighted by atomic mass is 9.90. The number of halogens is 2. The van der Waals surface area contributed by atoms with E-state index in [0.29, 0.717) is 6.54 Å². The maximum Gasteiger partial charge on any atom is 0.263 e. The van der Waals surface area contributed by atoms with E-state index in [0.717, 1.165) is 65.1 Å². The van der Waals surface area contributed by atoms with Gasteiger partial charge in [-0.05, 0) is 46.5 Å². The van der Waals surface area contributed by atoms with Gasteiger partial charge in [0.1, 0.15) is 18.5 Å². The highest BCUT2D eigenvalue weighted by molar-refractivity contribution is 5.84. The molecule has 1 saturated heterocycles. The molecule has 4 aromatic rings. The molecule has 0 bridgehead atoms.